The number of rotatable bonds is 7. The summed E-state index contributed by atoms with van der Waals surface area (Å²) in [6.07, 6.45) is 2.42. The molecule has 1 saturated carbocycles. The van der Waals surface area contributed by atoms with Crippen molar-refractivity contribution in [1.29, 1.82) is 0 Å². The van der Waals surface area contributed by atoms with Gasteiger partial charge in [0.05, 0.1) is 11.4 Å². The molecule has 5 nitrogen and oxygen atoms in total. The van der Waals surface area contributed by atoms with Crippen LogP contribution in [0, 0.1) is 5.82 Å². The topological polar surface area (TPSA) is 59.0 Å². The number of hydrogen-bond donors (Lipinski definition) is 2. The summed E-state index contributed by atoms with van der Waals surface area (Å²) < 4.78 is 14.9. The van der Waals surface area contributed by atoms with E-state index < -0.39 is 0 Å². The molecule has 0 bridgehead atoms. The second-order valence-electron chi connectivity index (χ2n) is 6.67. The van der Waals surface area contributed by atoms with Crippen LogP contribution < -0.4 is 10.6 Å². The third-order valence-electron chi connectivity index (χ3n) is 4.56. The number of urea groups is 1. The highest BCUT2D eigenvalue weighted by atomic mass is 32.1. The van der Waals surface area contributed by atoms with Gasteiger partial charge in [0.1, 0.15) is 11.5 Å². The fourth-order valence-corrected chi connectivity index (χ4v) is 3.67. The van der Waals surface area contributed by atoms with Crippen molar-refractivity contribution >= 4 is 17.4 Å². The van der Waals surface area contributed by atoms with Gasteiger partial charge in [-0.15, -0.1) is 11.3 Å². The Morgan fingerprint density at radius 1 is 1.22 bits per heavy atom. The molecule has 0 radical (unpaired) electrons. The minimum absolute atomic E-state index is 0.238. The molecule has 0 saturated heterocycles. The number of thiophene rings is 1. The van der Waals surface area contributed by atoms with Crippen molar-refractivity contribution in [3.05, 3.63) is 64.9 Å². The van der Waals surface area contributed by atoms with Crippen molar-refractivity contribution in [2.75, 3.05) is 6.54 Å². The normalized spacial score (nSPS) is 13.5. The van der Waals surface area contributed by atoms with Crippen LogP contribution in [-0.4, -0.2) is 22.4 Å². The minimum Gasteiger partial charge on any atom is -0.336 e. The summed E-state index contributed by atoms with van der Waals surface area (Å²) in [5, 5.41) is 12.4. The fraction of sp³-hybridized carbons (Fsp3) is 0.300. The van der Waals surface area contributed by atoms with E-state index in [1.54, 1.807) is 23.5 Å². The molecule has 1 aliphatic carbocycles. The number of nitrogens with zero attached hydrogens (tertiary/aromatic N) is 2. The van der Waals surface area contributed by atoms with E-state index in [2.05, 4.69) is 28.1 Å². The average Bonchev–Trinajstić information content (AvgIpc) is 3.19. The van der Waals surface area contributed by atoms with Crippen LogP contribution >= 0.6 is 11.3 Å². The van der Waals surface area contributed by atoms with E-state index in [0.717, 1.165) is 11.3 Å². The molecule has 0 atom stereocenters. The zero-order valence-corrected chi connectivity index (χ0v) is 15.6. The van der Waals surface area contributed by atoms with E-state index in [9.17, 15) is 9.18 Å². The molecule has 27 heavy (non-hydrogen) atoms. The highest BCUT2D eigenvalue weighted by Gasteiger charge is 2.28. The first-order chi connectivity index (χ1) is 13.2. The minimum atomic E-state index is -0.282. The molecule has 2 aromatic heterocycles. The van der Waals surface area contributed by atoms with Gasteiger partial charge < -0.3 is 10.6 Å². The van der Waals surface area contributed by atoms with Gasteiger partial charge in [-0.05, 0) is 48.1 Å². The Morgan fingerprint density at radius 2 is 2.04 bits per heavy atom. The van der Waals surface area contributed by atoms with Crippen LogP contribution in [0.25, 0.3) is 10.6 Å². The molecule has 0 aliphatic heterocycles. The fourth-order valence-electron chi connectivity index (χ4n) is 2.99. The molecule has 140 valence electrons. The lowest BCUT2D eigenvalue weighted by Gasteiger charge is -2.09. The Morgan fingerprint density at radius 3 is 2.74 bits per heavy atom. The van der Waals surface area contributed by atoms with Crippen molar-refractivity contribution in [2.45, 2.75) is 31.8 Å². The smallest absolute Gasteiger partial charge is 0.315 e. The zero-order valence-electron chi connectivity index (χ0n) is 14.8. The molecular formula is C20H21FN4OS. The van der Waals surface area contributed by atoms with Gasteiger partial charge in [0.2, 0.25) is 0 Å². The summed E-state index contributed by atoms with van der Waals surface area (Å²) in [4.78, 5) is 13.1. The Hall–Kier alpha value is -2.67. The van der Waals surface area contributed by atoms with Gasteiger partial charge in [-0.2, -0.15) is 5.10 Å². The Bertz CT molecular complexity index is 901. The van der Waals surface area contributed by atoms with Gasteiger partial charge >= 0.3 is 6.03 Å². The van der Waals surface area contributed by atoms with E-state index >= 15 is 0 Å². The summed E-state index contributed by atoms with van der Waals surface area (Å²) in [7, 11) is 0. The molecule has 3 aromatic rings. The Kier molecular flexibility index (Phi) is 5.20. The first-order valence-electron chi connectivity index (χ1n) is 9.07. The summed E-state index contributed by atoms with van der Waals surface area (Å²) in [5.74, 6) is 0.314. The third-order valence-corrected chi connectivity index (χ3v) is 5.45. The maximum absolute atomic E-state index is 12.9. The molecule has 1 fully saturated rings. The molecule has 2 heterocycles. The van der Waals surface area contributed by atoms with Crippen LogP contribution in [0.1, 0.15) is 30.0 Å². The average molecular weight is 384 g/mol. The van der Waals surface area contributed by atoms with E-state index in [0.29, 0.717) is 25.6 Å². The highest BCUT2D eigenvalue weighted by molar-refractivity contribution is 7.13. The maximum atomic E-state index is 12.9. The quantitative estimate of drug-likeness (QED) is 0.644. The number of aromatic nitrogens is 2. The first-order valence-corrected chi connectivity index (χ1v) is 9.95. The molecule has 7 heteroatoms. The van der Waals surface area contributed by atoms with Crippen LogP contribution in [0.5, 0.6) is 0 Å². The molecule has 2 N–H and O–H groups in total. The molecule has 2 amide bonds. The van der Waals surface area contributed by atoms with Crippen molar-refractivity contribution in [3.63, 3.8) is 0 Å². The Balaban J connectivity index is 1.29. The first kappa shape index (κ1) is 17.7. The summed E-state index contributed by atoms with van der Waals surface area (Å²) >= 11 is 1.69. The number of carbonyl (C=O) groups excluding carboxylic acids is 1. The van der Waals surface area contributed by atoms with Crippen LogP contribution in [0.2, 0.25) is 0 Å². The third kappa shape index (κ3) is 4.54. The van der Waals surface area contributed by atoms with Crippen LogP contribution in [-0.2, 0) is 13.1 Å². The lowest BCUT2D eigenvalue weighted by molar-refractivity contribution is 0.240. The molecule has 1 aliphatic rings. The molecule has 0 spiro atoms. The largest absolute Gasteiger partial charge is 0.336 e. The monoisotopic (exact) mass is 384 g/mol. The lowest BCUT2D eigenvalue weighted by atomic mass is 10.2. The van der Waals surface area contributed by atoms with Crippen molar-refractivity contribution in [2.24, 2.45) is 0 Å². The highest BCUT2D eigenvalue weighted by Crippen LogP contribution is 2.41. The molecule has 1 aromatic carbocycles. The summed E-state index contributed by atoms with van der Waals surface area (Å²) in [6, 6.07) is 12.1. The van der Waals surface area contributed by atoms with E-state index in [4.69, 9.17) is 5.10 Å². The van der Waals surface area contributed by atoms with E-state index in [1.807, 2.05) is 10.7 Å². The van der Waals surface area contributed by atoms with Gasteiger partial charge in [-0.25, -0.2) is 9.18 Å². The Labute approximate surface area is 161 Å². The van der Waals surface area contributed by atoms with Crippen LogP contribution in [0.3, 0.4) is 0 Å². The molecule has 4 rings (SSSR count). The predicted octanol–water partition coefficient (Wildman–Crippen LogP) is 4.13. The van der Waals surface area contributed by atoms with Crippen molar-refractivity contribution in [1.82, 2.24) is 20.4 Å². The van der Waals surface area contributed by atoms with Crippen molar-refractivity contribution in [3.8, 4) is 10.6 Å². The lowest BCUT2D eigenvalue weighted by Crippen LogP contribution is -2.37. The summed E-state index contributed by atoms with van der Waals surface area (Å²) in [6.45, 7) is 1.51. The molecule has 0 unspecified atom stereocenters. The summed E-state index contributed by atoms with van der Waals surface area (Å²) in [5.41, 5.74) is 3.12. The van der Waals surface area contributed by atoms with Gasteiger partial charge in [-0.1, -0.05) is 18.2 Å². The van der Waals surface area contributed by atoms with Gasteiger partial charge in [-0.3, -0.25) is 4.68 Å². The number of nitrogens with one attached hydrogen (secondary N) is 2. The van der Waals surface area contributed by atoms with E-state index in [-0.39, 0.29) is 11.8 Å². The number of amides is 2. The number of halogens is 1. The number of carbonyl (C=O) groups is 1. The van der Waals surface area contributed by atoms with Crippen LogP contribution in [0.15, 0.2) is 47.8 Å². The predicted molar refractivity (Wildman–Crippen MR) is 104 cm³/mol. The number of benzene rings is 1. The zero-order chi connectivity index (χ0) is 18.6. The van der Waals surface area contributed by atoms with E-state index in [1.165, 1.54) is 35.5 Å². The van der Waals surface area contributed by atoms with Gasteiger partial charge in [0.25, 0.3) is 0 Å². The SMILES string of the molecule is O=C(NCCn1nc(-c2cccs2)cc1C1CC1)NCc1ccc(F)cc1. The molecular weight excluding hydrogens is 363 g/mol. The second kappa shape index (κ2) is 7.92. The van der Waals surface area contributed by atoms with Crippen LogP contribution in [0.4, 0.5) is 9.18 Å². The maximum Gasteiger partial charge on any atom is 0.315 e. The van der Waals surface area contributed by atoms with Gasteiger partial charge in [0, 0.05) is 24.7 Å². The van der Waals surface area contributed by atoms with Gasteiger partial charge in [0.15, 0.2) is 0 Å². The number of hydrogen-bond acceptors (Lipinski definition) is 3. The van der Waals surface area contributed by atoms with Crippen molar-refractivity contribution < 1.29 is 9.18 Å². The second-order valence-corrected chi connectivity index (χ2v) is 7.61. The standard InChI is InChI=1S/C20H21FN4OS/c21-16-7-3-14(4-8-16)13-23-20(26)22-9-10-25-18(15-5-6-15)12-17(24-25)19-2-1-11-27-19/h1-4,7-8,11-12,15H,5-6,9-10,13H2,(H2,22,23,26).